The fourth-order valence-electron chi connectivity index (χ4n) is 2.23. The average molecular weight is 249 g/mol. The van der Waals surface area contributed by atoms with Gasteiger partial charge in [0.15, 0.2) is 0 Å². The van der Waals surface area contributed by atoms with Crippen LogP contribution in [0.15, 0.2) is 11.4 Å². The van der Waals surface area contributed by atoms with Crippen LogP contribution >= 0.6 is 11.3 Å². The Morgan fingerprint density at radius 2 is 2.29 bits per heavy atom. The minimum atomic E-state index is 0.644. The lowest BCUT2D eigenvalue weighted by molar-refractivity contribution is 0.206. The molecule has 2 heterocycles. The third-order valence-corrected chi connectivity index (χ3v) is 4.32. The largest absolute Gasteiger partial charge is 0.309 e. The summed E-state index contributed by atoms with van der Waals surface area (Å²) in [7, 11) is 0. The quantitative estimate of drug-likeness (QED) is 0.889. The molecule has 1 aromatic heterocycles. The molecule has 0 spiro atoms. The van der Waals surface area contributed by atoms with Crippen molar-refractivity contribution >= 4 is 11.3 Å². The molecule has 3 nitrogen and oxygen atoms in total. The van der Waals surface area contributed by atoms with E-state index in [1.165, 1.54) is 37.4 Å². The van der Waals surface area contributed by atoms with Gasteiger partial charge in [-0.05, 0) is 38.5 Å². The summed E-state index contributed by atoms with van der Waals surface area (Å²) < 4.78 is 0. The fraction of sp³-hybridized carbons (Fsp3) is 0.615. The molecule has 0 amide bonds. The van der Waals surface area contributed by atoms with E-state index in [1.54, 1.807) is 11.3 Å². The Hall–Kier alpha value is -0.890. The van der Waals surface area contributed by atoms with Crippen molar-refractivity contribution in [3.8, 4) is 6.07 Å². The van der Waals surface area contributed by atoms with Gasteiger partial charge in [0.25, 0.3) is 0 Å². The van der Waals surface area contributed by atoms with Gasteiger partial charge in [0.1, 0.15) is 6.07 Å². The van der Waals surface area contributed by atoms with Crippen molar-refractivity contribution in [3.63, 3.8) is 0 Å². The van der Waals surface area contributed by atoms with Gasteiger partial charge in [0, 0.05) is 22.8 Å². The molecule has 1 saturated heterocycles. The summed E-state index contributed by atoms with van der Waals surface area (Å²) in [6, 6.07) is 4.80. The molecule has 92 valence electrons. The maximum Gasteiger partial charge on any atom is 0.100 e. The van der Waals surface area contributed by atoms with Crippen molar-refractivity contribution in [2.24, 2.45) is 0 Å². The molecule has 0 aromatic carbocycles. The van der Waals surface area contributed by atoms with E-state index >= 15 is 0 Å². The number of thiophene rings is 1. The molecule has 0 unspecified atom stereocenters. The van der Waals surface area contributed by atoms with Crippen molar-refractivity contribution in [1.29, 1.82) is 5.26 Å². The van der Waals surface area contributed by atoms with Gasteiger partial charge in [0.2, 0.25) is 0 Å². The third kappa shape index (κ3) is 3.53. The van der Waals surface area contributed by atoms with Crippen LogP contribution in [0.4, 0.5) is 0 Å². The zero-order valence-corrected chi connectivity index (χ0v) is 11.1. The van der Waals surface area contributed by atoms with E-state index in [9.17, 15) is 0 Å². The lowest BCUT2D eigenvalue weighted by Gasteiger charge is -2.31. The minimum absolute atomic E-state index is 0.644. The number of piperidine rings is 1. The number of nitrogens with zero attached hydrogens (tertiary/aromatic N) is 2. The molecule has 1 N–H and O–H groups in total. The second-order valence-electron chi connectivity index (χ2n) is 4.50. The van der Waals surface area contributed by atoms with Gasteiger partial charge in [-0.25, -0.2) is 0 Å². The van der Waals surface area contributed by atoms with E-state index in [-0.39, 0.29) is 0 Å². The molecule has 17 heavy (non-hydrogen) atoms. The lowest BCUT2D eigenvalue weighted by Crippen LogP contribution is -2.41. The van der Waals surface area contributed by atoms with Crippen LogP contribution in [-0.4, -0.2) is 30.6 Å². The Balaban J connectivity index is 1.74. The van der Waals surface area contributed by atoms with Crippen molar-refractivity contribution in [2.75, 3.05) is 19.6 Å². The first-order chi connectivity index (χ1) is 8.31. The minimum Gasteiger partial charge on any atom is -0.309 e. The number of hydrogen-bond acceptors (Lipinski definition) is 4. The van der Waals surface area contributed by atoms with Crippen LogP contribution in [0.1, 0.15) is 30.2 Å². The van der Waals surface area contributed by atoms with Crippen LogP contribution in [0.5, 0.6) is 0 Å². The third-order valence-electron chi connectivity index (χ3n) is 3.38. The second kappa shape index (κ2) is 6.15. The molecule has 1 aliphatic heterocycles. The Kier molecular flexibility index (Phi) is 4.55. The first-order valence-electron chi connectivity index (χ1n) is 6.25. The van der Waals surface area contributed by atoms with Gasteiger partial charge in [-0.1, -0.05) is 6.92 Å². The summed E-state index contributed by atoms with van der Waals surface area (Å²) in [6.45, 7) is 6.72. The zero-order chi connectivity index (χ0) is 12.1. The number of hydrogen-bond donors (Lipinski definition) is 1. The van der Waals surface area contributed by atoms with Gasteiger partial charge in [0.05, 0.1) is 5.56 Å². The highest BCUT2D eigenvalue weighted by atomic mass is 32.1. The van der Waals surface area contributed by atoms with E-state index < -0.39 is 0 Å². The smallest absolute Gasteiger partial charge is 0.100 e. The highest BCUT2D eigenvalue weighted by molar-refractivity contribution is 7.10. The molecule has 1 aromatic rings. The van der Waals surface area contributed by atoms with E-state index in [0.717, 1.165) is 12.1 Å². The second-order valence-corrected chi connectivity index (χ2v) is 5.50. The fourth-order valence-corrected chi connectivity index (χ4v) is 2.99. The Bertz CT molecular complexity index is 386. The Morgan fingerprint density at radius 3 is 2.88 bits per heavy atom. The van der Waals surface area contributed by atoms with Gasteiger partial charge in [-0.2, -0.15) is 5.26 Å². The van der Waals surface area contributed by atoms with Crippen molar-refractivity contribution in [2.45, 2.75) is 32.4 Å². The molecular formula is C13H19N3S. The van der Waals surface area contributed by atoms with Gasteiger partial charge < -0.3 is 10.2 Å². The van der Waals surface area contributed by atoms with Crippen molar-refractivity contribution in [1.82, 2.24) is 10.2 Å². The van der Waals surface area contributed by atoms with Crippen molar-refractivity contribution in [3.05, 3.63) is 21.9 Å². The van der Waals surface area contributed by atoms with Gasteiger partial charge in [-0.3, -0.25) is 0 Å². The van der Waals surface area contributed by atoms with Crippen LogP contribution in [-0.2, 0) is 6.54 Å². The molecule has 0 aliphatic carbocycles. The number of nitriles is 1. The molecular weight excluding hydrogens is 230 g/mol. The normalized spacial score (nSPS) is 18.1. The van der Waals surface area contributed by atoms with Gasteiger partial charge in [-0.15, -0.1) is 11.3 Å². The number of likely N-dealkylation sites (tertiary alicyclic amines) is 1. The maximum atomic E-state index is 8.75. The molecule has 0 radical (unpaired) electrons. The summed E-state index contributed by atoms with van der Waals surface area (Å²) in [4.78, 5) is 3.76. The molecule has 0 bridgehead atoms. The van der Waals surface area contributed by atoms with E-state index in [1.807, 2.05) is 11.4 Å². The Labute approximate surface area is 107 Å². The van der Waals surface area contributed by atoms with Crippen LogP contribution in [0, 0.1) is 11.3 Å². The summed E-state index contributed by atoms with van der Waals surface area (Å²) in [5.41, 5.74) is 0.785. The predicted octanol–water partition coefficient (Wildman–Crippen LogP) is 2.19. The van der Waals surface area contributed by atoms with Crippen LogP contribution < -0.4 is 5.32 Å². The summed E-state index contributed by atoms with van der Waals surface area (Å²) in [6.07, 6.45) is 2.48. The average Bonchev–Trinajstić information content (AvgIpc) is 2.85. The zero-order valence-electron chi connectivity index (χ0n) is 10.3. The molecule has 1 aliphatic rings. The number of nitrogens with one attached hydrogen (secondary N) is 1. The molecule has 0 saturated carbocycles. The van der Waals surface area contributed by atoms with Crippen molar-refractivity contribution < 1.29 is 0 Å². The lowest BCUT2D eigenvalue weighted by atomic mass is 10.1. The molecule has 1 fully saturated rings. The maximum absolute atomic E-state index is 8.75. The monoisotopic (exact) mass is 249 g/mol. The molecule has 4 heteroatoms. The standard InChI is InChI=1S/C13H19N3S/c1-2-16-5-3-12(4-6-16)15-9-13-7-11(8-14)10-17-13/h7,10,12,15H,2-6,9H2,1H3. The first kappa shape index (κ1) is 12.6. The first-order valence-corrected chi connectivity index (χ1v) is 7.13. The summed E-state index contributed by atoms with van der Waals surface area (Å²) in [5, 5.41) is 14.3. The summed E-state index contributed by atoms with van der Waals surface area (Å²) >= 11 is 1.67. The van der Waals surface area contributed by atoms with Gasteiger partial charge >= 0.3 is 0 Å². The highest BCUT2D eigenvalue weighted by Crippen LogP contribution is 2.15. The Morgan fingerprint density at radius 1 is 1.53 bits per heavy atom. The molecule has 2 rings (SSSR count). The van der Waals surface area contributed by atoms with E-state index in [4.69, 9.17) is 5.26 Å². The topological polar surface area (TPSA) is 39.1 Å². The van der Waals surface area contributed by atoms with E-state index in [2.05, 4.69) is 23.2 Å². The number of rotatable bonds is 4. The molecule has 0 atom stereocenters. The summed E-state index contributed by atoms with van der Waals surface area (Å²) in [5.74, 6) is 0. The van der Waals surface area contributed by atoms with Crippen LogP contribution in [0.25, 0.3) is 0 Å². The van der Waals surface area contributed by atoms with Crippen LogP contribution in [0.2, 0.25) is 0 Å². The highest BCUT2D eigenvalue weighted by Gasteiger charge is 2.17. The SMILES string of the molecule is CCN1CCC(NCc2cc(C#N)cs2)CC1. The predicted molar refractivity (Wildman–Crippen MR) is 71.0 cm³/mol. The van der Waals surface area contributed by atoms with Crippen LogP contribution in [0.3, 0.4) is 0 Å². The van der Waals surface area contributed by atoms with E-state index in [0.29, 0.717) is 6.04 Å².